The fourth-order valence-electron chi connectivity index (χ4n) is 1.97. The molecule has 0 aliphatic carbocycles. The van der Waals surface area contributed by atoms with Gasteiger partial charge in [0.15, 0.2) is 24.4 Å². The average molecular weight is 369 g/mol. The number of ketones is 1. The molecule has 26 heavy (non-hydrogen) atoms. The highest BCUT2D eigenvalue weighted by Gasteiger charge is 2.26. The molecule has 132 valence electrons. The predicted octanol–water partition coefficient (Wildman–Crippen LogP) is 2.51. The molecular weight excluding hydrogens is 354 g/mol. The van der Waals surface area contributed by atoms with Crippen LogP contribution in [0, 0.1) is 29.6 Å². The van der Waals surface area contributed by atoms with Crippen molar-refractivity contribution >= 4 is 23.1 Å². The number of hydrogen-bond donors (Lipinski definition) is 0. The Morgan fingerprint density at radius 1 is 1.27 bits per heavy atom. The van der Waals surface area contributed by atoms with Crippen molar-refractivity contribution in [1.82, 2.24) is 4.98 Å². The Kier molecular flexibility index (Phi) is 6.42. The van der Waals surface area contributed by atoms with Gasteiger partial charge in [-0.1, -0.05) is 0 Å². The van der Waals surface area contributed by atoms with Gasteiger partial charge >= 0.3 is 5.97 Å². The van der Waals surface area contributed by atoms with E-state index in [0.717, 1.165) is 5.69 Å². The second kappa shape index (κ2) is 8.75. The summed E-state index contributed by atoms with van der Waals surface area (Å²) in [6.45, 7) is 2.72. The lowest BCUT2D eigenvalue weighted by Crippen LogP contribution is -2.29. The Hall–Kier alpha value is -3.23. The summed E-state index contributed by atoms with van der Waals surface area (Å²) >= 11 is 1.21. The maximum absolute atomic E-state index is 12.1. The molecule has 0 spiro atoms. The van der Waals surface area contributed by atoms with E-state index in [1.165, 1.54) is 18.3 Å². The highest BCUT2D eigenvalue weighted by Crippen LogP contribution is 2.21. The lowest BCUT2D eigenvalue weighted by Gasteiger charge is -2.14. The van der Waals surface area contributed by atoms with E-state index < -0.39 is 30.4 Å². The van der Waals surface area contributed by atoms with Gasteiger partial charge < -0.3 is 9.47 Å². The molecule has 0 amide bonds. The summed E-state index contributed by atoms with van der Waals surface area (Å²) < 4.78 is 10.4. The van der Waals surface area contributed by atoms with Crippen molar-refractivity contribution < 1.29 is 19.1 Å². The van der Waals surface area contributed by atoms with E-state index in [0.29, 0.717) is 16.3 Å². The van der Waals surface area contributed by atoms with Gasteiger partial charge in [0.05, 0.1) is 17.7 Å². The van der Waals surface area contributed by atoms with Crippen LogP contribution in [0.1, 0.15) is 29.1 Å². The van der Waals surface area contributed by atoms with Gasteiger partial charge in [0.2, 0.25) is 0 Å². The third kappa shape index (κ3) is 4.88. The lowest BCUT2D eigenvalue weighted by atomic mass is 10.1. The number of Topliss-reactive ketones (excluding diaryl/α,β-unsaturated/α-hetero) is 1. The zero-order chi connectivity index (χ0) is 19.1. The van der Waals surface area contributed by atoms with Crippen LogP contribution in [0.3, 0.4) is 0 Å². The largest absolute Gasteiger partial charge is 0.479 e. The molecule has 0 aliphatic heterocycles. The third-order valence-corrected chi connectivity index (χ3v) is 4.35. The van der Waals surface area contributed by atoms with Gasteiger partial charge in [0, 0.05) is 11.1 Å². The number of ether oxygens (including phenoxy) is 2. The van der Waals surface area contributed by atoms with Crippen LogP contribution in [-0.4, -0.2) is 29.4 Å². The molecule has 0 aliphatic rings. The van der Waals surface area contributed by atoms with Crippen LogP contribution in [0.2, 0.25) is 0 Å². The van der Waals surface area contributed by atoms with Crippen LogP contribution in [0.15, 0.2) is 29.6 Å². The molecule has 2 atom stereocenters. The summed E-state index contributed by atoms with van der Waals surface area (Å²) in [7, 11) is 0. The van der Waals surface area contributed by atoms with Gasteiger partial charge in [-0.15, -0.1) is 11.3 Å². The van der Waals surface area contributed by atoms with Crippen molar-refractivity contribution in [2.45, 2.75) is 25.9 Å². The molecule has 0 unspecified atom stereocenters. The Bertz CT molecular complexity index is 877. The molecule has 0 saturated heterocycles. The summed E-state index contributed by atoms with van der Waals surface area (Å²) in [6.07, 6.45) is -0.946. The van der Waals surface area contributed by atoms with Crippen molar-refractivity contribution in [1.29, 1.82) is 10.5 Å². The normalized spacial score (nSPS) is 12.3. The van der Waals surface area contributed by atoms with E-state index in [1.807, 2.05) is 12.1 Å². The Morgan fingerprint density at radius 3 is 2.50 bits per heavy atom. The minimum atomic E-state index is -1.06. The Balaban J connectivity index is 1.89. The third-order valence-electron chi connectivity index (χ3n) is 3.32. The molecule has 1 aromatic heterocycles. The smallest absolute Gasteiger partial charge is 0.347 e. The van der Waals surface area contributed by atoms with Crippen molar-refractivity contribution in [2.24, 2.45) is 0 Å². The quantitative estimate of drug-likeness (QED) is 0.689. The number of benzene rings is 1. The number of aromatic nitrogens is 1. The molecule has 0 bridgehead atoms. The van der Waals surface area contributed by atoms with E-state index in [1.54, 1.807) is 36.6 Å². The maximum Gasteiger partial charge on any atom is 0.347 e. The van der Waals surface area contributed by atoms with Gasteiger partial charge in [-0.05, 0) is 38.1 Å². The predicted molar refractivity (Wildman–Crippen MR) is 92.4 cm³/mol. The maximum atomic E-state index is 12.1. The van der Waals surface area contributed by atoms with Crippen LogP contribution < -0.4 is 4.74 Å². The number of nitrogens with zero attached hydrogens (tertiary/aromatic N) is 3. The standard InChI is InChI=1S/C18H15N3O4S/c1-11-10-26-17(21-11)15(8-20)16(22)9-24-18(23)12(2)25-14-5-3-13(7-19)4-6-14/h3-6,10,12,15H,9H2,1-2H3/t12-,15+/m1/s1. The van der Waals surface area contributed by atoms with Gasteiger partial charge in [0.25, 0.3) is 0 Å². The van der Waals surface area contributed by atoms with Crippen molar-refractivity contribution in [2.75, 3.05) is 6.61 Å². The highest BCUT2D eigenvalue weighted by atomic mass is 32.1. The number of thiazole rings is 1. The number of nitriles is 2. The molecule has 0 saturated carbocycles. The van der Waals surface area contributed by atoms with E-state index in [2.05, 4.69) is 4.98 Å². The van der Waals surface area contributed by atoms with E-state index >= 15 is 0 Å². The molecule has 1 heterocycles. The first-order valence-corrected chi connectivity index (χ1v) is 8.50. The van der Waals surface area contributed by atoms with Crippen LogP contribution in [0.4, 0.5) is 0 Å². The molecule has 8 heteroatoms. The van der Waals surface area contributed by atoms with E-state index in [9.17, 15) is 14.9 Å². The first kappa shape index (κ1) is 19.1. The van der Waals surface area contributed by atoms with Gasteiger partial charge in [-0.3, -0.25) is 4.79 Å². The first-order valence-electron chi connectivity index (χ1n) is 7.62. The van der Waals surface area contributed by atoms with Crippen LogP contribution >= 0.6 is 11.3 Å². The summed E-state index contributed by atoms with van der Waals surface area (Å²) in [4.78, 5) is 28.2. The number of aryl methyl sites for hydroxylation is 1. The van der Waals surface area contributed by atoms with Gasteiger partial charge in [0.1, 0.15) is 10.8 Å². The zero-order valence-corrected chi connectivity index (χ0v) is 14.9. The zero-order valence-electron chi connectivity index (χ0n) is 14.1. The minimum absolute atomic E-state index is 0.382. The van der Waals surface area contributed by atoms with E-state index in [-0.39, 0.29) is 0 Å². The Morgan fingerprint density at radius 2 is 1.96 bits per heavy atom. The van der Waals surface area contributed by atoms with Gasteiger partial charge in [-0.25, -0.2) is 9.78 Å². The monoisotopic (exact) mass is 369 g/mol. The SMILES string of the molecule is Cc1csc([C@@H](C#N)C(=O)COC(=O)[C@@H](C)Oc2ccc(C#N)cc2)n1. The summed E-state index contributed by atoms with van der Waals surface area (Å²) in [5.41, 5.74) is 1.19. The molecule has 2 aromatic rings. The van der Waals surface area contributed by atoms with Crippen molar-refractivity contribution in [3.8, 4) is 17.9 Å². The molecule has 0 N–H and O–H groups in total. The number of esters is 1. The second-order valence-corrected chi connectivity index (χ2v) is 6.25. The number of hydrogen-bond acceptors (Lipinski definition) is 8. The lowest BCUT2D eigenvalue weighted by molar-refractivity contribution is -0.154. The topological polar surface area (TPSA) is 113 Å². The van der Waals surface area contributed by atoms with Gasteiger partial charge in [-0.2, -0.15) is 10.5 Å². The average Bonchev–Trinajstić information content (AvgIpc) is 3.06. The van der Waals surface area contributed by atoms with Crippen molar-refractivity contribution in [3.63, 3.8) is 0 Å². The van der Waals surface area contributed by atoms with Crippen molar-refractivity contribution in [3.05, 3.63) is 45.9 Å². The highest BCUT2D eigenvalue weighted by molar-refractivity contribution is 7.09. The van der Waals surface area contributed by atoms with E-state index in [4.69, 9.17) is 14.7 Å². The molecular formula is C18H15N3O4S. The number of carbonyl (C=O) groups excluding carboxylic acids is 2. The summed E-state index contributed by atoms with van der Waals surface area (Å²) in [6, 6.07) is 10.1. The molecule has 7 nitrogen and oxygen atoms in total. The molecule has 2 rings (SSSR count). The first-order chi connectivity index (χ1) is 12.4. The number of rotatable bonds is 7. The fourth-order valence-corrected chi connectivity index (χ4v) is 2.83. The second-order valence-electron chi connectivity index (χ2n) is 5.36. The van der Waals surface area contributed by atoms with Crippen LogP contribution in [0.5, 0.6) is 5.75 Å². The summed E-state index contributed by atoms with van der Waals surface area (Å²) in [5, 5.41) is 20.0. The molecule has 1 aromatic carbocycles. The van der Waals surface area contributed by atoms with Crippen LogP contribution in [0.25, 0.3) is 0 Å². The molecule has 0 radical (unpaired) electrons. The number of carbonyl (C=O) groups is 2. The Labute approximate surface area is 154 Å². The molecule has 0 fully saturated rings. The fraction of sp³-hybridized carbons (Fsp3) is 0.278. The van der Waals surface area contributed by atoms with Crippen LogP contribution in [-0.2, 0) is 14.3 Å². The summed E-state index contributed by atoms with van der Waals surface area (Å²) in [5.74, 6) is -1.93. The minimum Gasteiger partial charge on any atom is -0.479 e.